The number of aromatic nitrogens is 2. The van der Waals surface area contributed by atoms with Gasteiger partial charge in [0.05, 0.1) is 5.69 Å². The van der Waals surface area contributed by atoms with Gasteiger partial charge >= 0.3 is 0 Å². The molecule has 1 rings (SSSR count). The lowest BCUT2D eigenvalue weighted by atomic mass is 10.1. The van der Waals surface area contributed by atoms with Crippen LogP contribution in [0.1, 0.15) is 38.2 Å². The monoisotopic (exact) mass is 166 g/mol. The van der Waals surface area contributed by atoms with Gasteiger partial charge in [0.15, 0.2) is 0 Å². The first-order chi connectivity index (χ1) is 5.63. The second-order valence-corrected chi connectivity index (χ2v) is 3.13. The van der Waals surface area contributed by atoms with Gasteiger partial charge in [-0.2, -0.15) is 0 Å². The lowest BCUT2D eigenvalue weighted by Crippen LogP contribution is -2.12. The topological polar surface area (TPSA) is 45.8 Å². The number of nitrogens with zero attached hydrogens (tertiary/aromatic N) is 1. The third-order valence-corrected chi connectivity index (χ3v) is 1.74. The van der Waals surface area contributed by atoms with Crippen LogP contribution in [-0.4, -0.2) is 9.97 Å². The van der Waals surface area contributed by atoms with Crippen molar-refractivity contribution >= 4 is 0 Å². The molecule has 0 spiro atoms. The maximum Gasteiger partial charge on any atom is 0.251 e. The minimum atomic E-state index is -0.0504. The van der Waals surface area contributed by atoms with Crippen LogP contribution in [0, 0.1) is 0 Å². The van der Waals surface area contributed by atoms with Crippen LogP contribution in [0.3, 0.4) is 0 Å². The molecule has 3 nitrogen and oxygen atoms in total. The van der Waals surface area contributed by atoms with Gasteiger partial charge in [0.25, 0.3) is 5.56 Å². The highest BCUT2D eigenvalue weighted by Gasteiger charge is 2.02. The van der Waals surface area contributed by atoms with Crippen LogP contribution in [0.2, 0.25) is 0 Å². The van der Waals surface area contributed by atoms with E-state index in [1.54, 1.807) is 6.07 Å². The number of hydrogen-bond acceptors (Lipinski definition) is 2. The zero-order chi connectivity index (χ0) is 9.14. The summed E-state index contributed by atoms with van der Waals surface area (Å²) in [5.74, 6) is 1.09. The molecular weight excluding hydrogens is 152 g/mol. The molecular formula is C9H14N2O. The van der Waals surface area contributed by atoms with E-state index in [0.29, 0.717) is 5.92 Å². The van der Waals surface area contributed by atoms with Gasteiger partial charge in [-0.3, -0.25) is 4.79 Å². The standard InChI is InChI=1S/C9H14N2O/c1-4-8-10-7(6(2)3)5-9(12)11-8/h5-6H,4H2,1-3H3,(H,10,11,12). The number of hydrogen-bond donors (Lipinski definition) is 1. The normalized spacial score (nSPS) is 10.7. The van der Waals surface area contributed by atoms with Gasteiger partial charge in [-0.15, -0.1) is 0 Å². The average Bonchev–Trinajstić information content (AvgIpc) is 2.03. The van der Waals surface area contributed by atoms with Crippen LogP contribution in [0.4, 0.5) is 0 Å². The second kappa shape index (κ2) is 3.52. The molecule has 0 radical (unpaired) electrons. The minimum Gasteiger partial charge on any atom is -0.311 e. The number of nitrogens with one attached hydrogen (secondary N) is 1. The van der Waals surface area contributed by atoms with Crippen molar-refractivity contribution in [2.24, 2.45) is 0 Å². The molecule has 0 atom stereocenters. The summed E-state index contributed by atoms with van der Waals surface area (Å²) >= 11 is 0. The van der Waals surface area contributed by atoms with Crippen LogP contribution < -0.4 is 5.56 Å². The molecule has 1 N–H and O–H groups in total. The largest absolute Gasteiger partial charge is 0.311 e. The molecule has 0 fully saturated rings. The van der Waals surface area contributed by atoms with Crippen molar-refractivity contribution in [3.8, 4) is 0 Å². The van der Waals surface area contributed by atoms with E-state index in [2.05, 4.69) is 9.97 Å². The highest BCUT2D eigenvalue weighted by atomic mass is 16.1. The van der Waals surface area contributed by atoms with E-state index in [1.165, 1.54) is 0 Å². The van der Waals surface area contributed by atoms with Crippen LogP contribution >= 0.6 is 0 Å². The Kier molecular flexibility index (Phi) is 2.63. The molecule has 1 aromatic heterocycles. The number of aryl methyl sites for hydroxylation is 1. The highest BCUT2D eigenvalue weighted by Crippen LogP contribution is 2.08. The predicted octanol–water partition coefficient (Wildman–Crippen LogP) is 1.46. The van der Waals surface area contributed by atoms with Gasteiger partial charge in [0.1, 0.15) is 5.82 Å². The fraction of sp³-hybridized carbons (Fsp3) is 0.556. The maximum atomic E-state index is 11.1. The van der Waals surface area contributed by atoms with Crippen LogP contribution in [-0.2, 0) is 6.42 Å². The highest BCUT2D eigenvalue weighted by molar-refractivity contribution is 5.06. The van der Waals surface area contributed by atoms with E-state index in [0.717, 1.165) is 17.9 Å². The first kappa shape index (κ1) is 8.97. The Morgan fingerprint density at radius 2 is 2.25 bits per heavy atom. The summed E-state index contributed by atoms with van der Waals surface area (Å²) in [6.07, 6.45) is 0.774. The van der Waals surface area contributed by atoms with Gasteiger partial charge < -0.3 is 4.98 Å². The van der Waals surface area contributed by atoms with Gasteiger partial charge in [-0.25, -0.2) is 4.98 Å². The Labute approximate surface area is 71.9 Å². The van der Waals surface area contributed by atoms with Gasteiger partial charge in [-0.1, -0.05) is 20.8 Å². The van der Waals surface area contributed by atoms with E-state index in [-0.39, 0.29) is 5.56 Å². The molecule has 0 saturated heterocycles. The van der Waals surface area contributed by atoms with Crippen molar-refractivity contribution < 1.29 is 0 Å². The molecule has 0 aliphatic rings. The van der Waals surface area contributed by atoms with Crippen molar-refractivity contribution in [3.05, 3.63) is 27.9 Å². The summed E-state index contributed by atoms with van der Waals surface area (Å²) in [5, 5.41) is 0. The SMILES string of the molecule is CCc1nc(C(C)C)cc(=O)[nH]1. The molecule has 12 heavy (non-hydrogen) atoms. The fourth-order valence-electron chi connectivity index (χ4n) is 0.992. The van der Waals surface area contributed by atoms with Crippen LogP contribution in [0.25, 0.3) is 0 Å². The smallest absolute Gasteiger partial charge is 0.251 e. The lowest BCUT2D eigenvalue weighted by molar-refractivity contribution is 0.779. The van der Waals surface area contributed by atoms with E-state index < -0.39 is 0 Å². The molecule has 0 aliphatic carbocycles. The first-order valence-electron chi connectivity index (χ1n) is 4.23. The second-order valence-electron chi connectivity index (χ2n) is 3.13. The minimum absolute atomic E-state index is 0.0504. The Morgan fingerprint density at radius 1 is 1.58 bits per heavy atom. The molecule has 3 heteroatoms. The van der Waals surface area contributed by atoms with Gasteiger partial charge in [-0.05, 0) is 5.92 Å². The number of aromatic amines is 1. The molecule has 0 unspecified atom stereocenters. The van der Waals surface area contributed by atoms with Gasteiger partial charge in [0.2, 0.25) is 0 Å². The van der Waals surface area contributed by atoms with E-state index in [4.69, 9.17) is 0 Å². The van der Waals surface area contributed by atoms with E-state index in [9.17, 15) is 4.79 Å². The predicted molar refractivity (Wildman–Crippen MR) is 48.3 cm³/mol. The molecule has 66 valence electrons. The summed E-state index contributed by atoms with van der Waals surface area (Å²) in [4.78, 5) is 18.1. The van der Waals surface area contributed by atoms with Crippen LogP contribution in [0.15, 0.2) is 10.9 Å². The maximum absolute atomic E-state index is 11.1. The van der Waals surface area contributed by atoms with E-state index in [1.807, 2.05) is 20.8 Å². The fourth-order valence-corrected chi connectivity index (χ4v) is 0.992. The third kappa shape index (κ3) is 1.94. The Morgan fingerprint density at radius 3 is 2.75 bits per heavy atom. The summed E-state index contributed by atoms with van der Waals surface area (Å²) in [6.45, 7) is 6.03. The lowest BCUT2D eigenvalue weighted by Gasteiger charge is -2.04. The van der Waals surface area contributed by atoms with E-state index >= 15 is 0 Å². The molecule has 0 amide bonds. The zero-order valence-electron chi connectivity index (χ0n) is 7.72. The summed E-state index contributed by atoms with van der Waals surface area (Å²) in [5.41, 5.74) is 0.821. The third-order valence-electron chi connectivity index (χ3n) is 1.74. The summed E-state index contributed by atoms with van der Waals surface area (Å²) < 4.78 is 0. The molecule has 0 aromatic carbocycles. The quantitative estimate of drug-likeness (QED) is 0.722. The first-order valence-corrected chi connectivity index (χ1v) is 4.23. The van der Waals surface area contributed by atoms with Crippen molar-refractivity contribution in [2.75, 3.05) is 0 Å². The molecule has 1 heterocycles. The van der Waals surface area contributed by atoms with Crippen molar-refractivity contribution in [1.82, 2.24) is 9.97 Å². The van der Waals surface area contributed by atoms with Crippen molar-refractivity contribution in [3.63, 3.8) is 0 Å². The van der Waals surface area contributed by atoms with Gasteiger partial charge in [0, 0.05) is 12.5 Å². The summed E-state index contributed by atoms with van der Waals surface area (Å²) in [7, 11) is 0. The van der Waals surface area contributed by atoms with Crippen molar-refractivity contribution in [2.45, 2.75) is 33.1 Å². The average molecular weight is 166 g/mol. The number of H-pyrrole nitrogens is 1. The molecule has 1 aromatic rings. The van der Waals surface area contributed by atoms with Crippen molar-refractivity contribution in [1.29, 1.82) is 0 Å². The molecule has 0 saturated carbocycles. The Balaban J connectivity index is 3.15. The Bertz CT molecular complexity index is 315. The number of rotatable bonds is 2. The molecule has 0 aliphatic heterocycles. The molecule has 0 bridgehead atoms. The Hall–Kier alpha value is -1.12. The summed E-state index contributed by atoms with van der Waals surface area (Å²) in [6, 6.07) is 1.56. The van der Waals surface area contributed by atoms with Crippen LogP contribution in [0.5, 0.6) is 0 Å². The zero-order valence-corrected chi connectivity index (χ0v) is 7.72.